The maximum absolute atomic E-state index is 12.3. The summed E-state index contributed by atoms with van der Waals surface area (Å²) in [4.78, 5) is 34.6. The van der Waals surface area contributed by atoms with Gasteiger partial charge in [-0.1, -0.05) is 41.4 Å². The molecule has 1 N–H and O–H groups in total. The van der Waals surface area contributed by atoms with Crippen LogP contribution in [-0.2, 0) is 22.7 Å². The average Bonchev–Trinajstić information content (AvgIpc) is 3.12. The van der Waals surface area contributed by atoms with Gasteiger partial charge in [0.15, 0.2) is 0 Å². The SMILES string of the molecule is O=C1CCC(N2Cc3ccc(CN4CCN(c5ccnc(Cl)c5Cl)CC4)cc3C2S)C(=O)N1. The Bertz CT molecular complexity index is 1090. The topological polar surface area (TPSA) is 68.8 Å². The molecule has 4 heterocycles. The number of hydrogen-bond acceptors (Lipinski definition) is 7. The maximum atomic E-state index is 12.3. The molecule has 2 saturated heterocycles. The zero-order valence-corrected chi connectivity index (χ0v) is 20.4. The first-order valence-electron chi connectivity index (χ1n) is 11.1. The number of fused-ring (bicyclic) bond motifs is 1. The fourth-order valence-corrected chi connectivity index (χ4v) is 5.79. The Morgan fingerprint density at radius 3 is 2.67 bits per heavy atom. The number of thiol groups is 1. The van der Waals surface area contributed by atoms with Crippen LogP contribution in [0.25, 0.3) is 0 Å². The van der Waals surface area contributed by atoms with Gasteiger partial charge in [0, 0.05) is 51.9 Å². The number of anilines is 1. The molecule has 33 heavy (non-hydrogen) atoms. The molecule has 0 aliphatic carbocycles. The van der Waals surface area contributed by atoms with Gasteiger partial charge in [-0.2, -0.15) is 12.6 Å². The minimum atomic E-state index is -0.317. The number of nitrogens with zero attached hydrogens (tertiary/aromatic N) is 4. The lowest BCUT2D eigenvalue weighted by Crippen LogP contribution is -2.51. The van der Waals surface area contributed by atoms with Gasteiger partial charge in [-0.3, -0.25) is 24.7 Å². The smallest absolute Gasteiger partial charge is 0.243 e. The number of piperazine rings is 1. The number of rotatable bonds is 4. The molecule has 3 aliphatic heterocycles. The lowest BCUT2D eigenvalue weighted by Gasteiger charge is -2.36. The normalized spacial score (nSPS) is 24.2. The van der Waals surface area contributed by atoms with Crippen molar-refractivity contribution in [3.63, 3.8) is 0 Å². The van der Waals surface area contributed by atoms with E-state index in [4.69, 9.17) is 35.8 Å². The van der Waals surface area contributed by atoms with Gasteiger partial charge >= 0.3 is 0 Å². The Hall–Kier alpha value is -1.84. The Kier molecular flexibility index (Phi) is 6.55. The van der Waals surface area contributed by atoms with E-state index in [1.165, 1.54) is 11.1 Å². The minimum Gasteiger partial charge on any atom is -0.368 e. The number of hydrogen-bond donors (Lipinski definition) is 2. The number of benzene rings is 1. The molecule has 3 aliphatic rings. The molecular formula is C23H25Cl2N5O2S. The van der Waals surface area contributed by atoms with Crippen molar-refractivity contribution in [2.75, 3.05) is 31.1 Å². The van der Waals surface area contributed by atoms with Crippen molar-refractivity contribution in [1.82, 2.24) is 20.1 Å². The average molecular weight is 506 g/mol. The molecule has 2 amide bonds. The van der Waals surface area contributed by atoms with E-state index in [-0.39, 0.29) is 23.2 Å². The molecule has 0 radical (unpaired) electrons. The predicted molar refractivity (Wildman–Crippen MR) is 132 cm³/mol. The Balaban J connectivity index is 1.22. The van der Waals surface area contributed by atoms with Crippen LogP contribution in [0.5, 0.6) is 0 Å². The molecular weight excluding hydrogens is 481 g/mol. The molecule has 1 aromatic carbocycles. The summed E-state index contributed by atoms with van der Waals surface area (Å²) < 4.78 is 0. The molecule has 5 rings (SSSR count). The fourth-order valence-electron chi connectivity index (χ4n) is 4.93. The van der Waals surface area contributed by atoms with E-state index in [9.17, 15) is 9.59 Å². The van der Waals surface area contributed by atoms with Crippen molar-refractivity contribution >= 4 is 53.3 Å². The van der Waals surface area contributed by atoms with Crippen molar-refractivity contribution < 1.29 is 9.59 Å². The Morgan fingerprint density at radius 2 is 1.91 bits per heavy atom. The monoisotopic (exact) mass is 505 g/mol. The highest BCUT2D eigenvalue weighted by Gasteiger charge is 2.39. The van der Waals surface area contributed by atoms with Crippen molar-refractivity contribution in [1.29, 1.82) is 0 Å². The first-order chi connectivity index (χ1) is 15.9. The second-order valence-corrected chi connectivity index (χ2v) is 9.97. The lowest BCUT2D eigenvalue weighted by atomic mass is 10.0. The Labute approximate surface area is 208 Å². The summed E-state index contributed by atoms with van der Waals surface area (Å²) in [6, 6.07) is 8.12. The van der Waals surface area contributed by atoms with Crippen LogP contribution in [0.2, 0.25) is 10.2 Å². The highest BCUT2D eigenvalue weighted by atomic mass is 35.5. The van der Waals surface area contributed by atoms with Crippen molar-refractivity contribution in [3.05, 3.63) is 57.3 Å². The Morgan fingerprint density at radius 1 is 1.12 bits per heavy atom. The molecule has 2 atom stereocenters. The third-order valence-corrected chi connectivity index (χ3v) is 8.04. The number of amides is 2. The number of imide groups is 1. The standard InChI is InChI=1S/C23H25Cl2N5O2S/c24-20-17(5-6-26-21(20)25)29-9-7-28(8-10-29)12-14-1-2-15-13-30(23(33)16(15)11-14)18-3-4-19(31)27-22(18)32/h1-2,5-6,11,18,23,33H,3-4,7-10,12-13H2,(H,27,31,32). The van der Waals surface area contributed by atoms with E-state index < -0.39 is 0 Å². The van der Waals surface area contributed by atoms with Gasteiger partial charge in [0.1, 0.15) is 10.2 Å². The maximum Gasteiger partial charge on any atom is 0.243 e. The molecule has 0 spiro atoms. The minimum absolute atomic E-state index is 0.153. The van der Waals surface area contributed by atoms with Crippen LogP contribution < -0.4 is 10.2 Å². The number of pyridine rings is 1. The largest absolute Gasteiger partial charge is 0.368 e. The van der Waals surface area contributed by atoms with Crippen LogP contribution in [0.3, 0.4) is 0 Å². The van der Waals surface area contributed by atoms with Gasteiger partial charge in [-0.25, -0.2) is 4.98 Å². The van der Waals surface area contributed by atoms with Gasteiger partial charge in [-0.05, 0) is 29.2 Å². The molecule has 2 aromatic rings. The zero-order valence-electron chi connectivity index (χ0n) is 18.0. The zero-order chi connectivity index (χ0) is 23.1. The summed E-state index contributed by atoms with van der Waals surface area (Å²) in [6.45, 7) is 5.09. The summed E-state index contributed by atoms with van der Waals surface area (Å²) in [5, 5.41) is 3.15. The number of halogens is 2. The fraction of sp³-hybridized carbons (Fsp3) is 0.435. The van der Waals surface area contributed by atoms with Crippen LogP contribution in [0.15, 0.2) is 30.5 Å². The van der Waals surface area contributed by atoms with Crippen molar-refractivity contribution in [2.45, 2.75) is 37.3 Å². The lowest BCUT2D eigenvalue weighted by molar-refractivity contribution is -0.137. The van der Waals surface area contributed by atoms with E-state index in [1.54, 1.807) is 6.20 Å². The van der Waals surface area contributed by atoms with Crippen molar-refractivity contribution in [3.8, 4) is 0 Å². The number of piperidine rings is 1. The summed E-state index contributed by atoms with van der Waals surface area (Å²) in [5.74, 6) is -0.410. The molecule has 0 saturated carbocycles. The molecule has 2 unspecified atom stereocenters. The van der Waals surface area contributed by atoms with Crippen LogP contribution in [0.4, 0.5) is 5.69 Å². The number of carbonyl (C=O) groups excluding carboxylic acids is 2. The molecule has 0 bridgehead atoms. The molecule has 7 nitrogen and oxygen atoms in total. The van der Waals surface area contributed by atoms with Gasteiger partial charge in [0.05, 0.1) is 17.1 Å². The quantitative estimate of drug-likeness (QED) is 0.377. The number of aromatic nitrogens is 1. The van der Waals surface area contributed by atoms with E-state index >= 15 is 0 Å². The highest BCUT2D eigenvalue weighted by Crippen LogP contribution is 2.40. The molecule has 10 heteroatoms. The third-order valence-electron chi connectivity index (χ3n) is 6.71. The summed E-state index contributed by atoms with van der Waals surface area (Å²) >= 11 is 17.3. The van der Waals surface area contributed by atoms with Gasteiger partial charge < -0.3 is 4.90 Å². The van der Waals surface area contributed by atoms with Crippen LogP contribution >= 0.6 is 35.8 Å². The summed E-state index contributed by atoms with van der Waals surface area (Å²) in [5.41, 5.74) is 4.51. The molecule has 2 fully saturated rings. The summed E-state index contributed by atoms with van der Waals surface area (Å²) in [7, 11) is 0. The van der Waals surface area contributed by atoms with Crippen LogP contribution in [0, 0.1) is 0 Å². The van der Waals surface area contributed by atoms with Gasteiger partial charge in [-0.15, -0.1) is 0 Å². The molecule has 174 valence electrons. The third kappa shape index (κ3) is 4.59. The highest BCUT2D eigenvalue weighted by molar-refractivity contribution is 7.80. The van der Waals surface area contributed by atoms with E-state index in [0.717, 1.165) is 44.0 Å². The van der Waals surface area contributed by atoms with Gasteiger partial charge in [0.2, 0.25) is 11.8 Å². The summed E-state index contributed by atoms with van der Waals surface area (Å²) in [6.07, 6.45) is 2.60. The molecule has 1 aromatic heterocycles. The van der Waals surface area contributed by atoms with Crippen LogP contribution in [-0.4, -0.2) is 58.8 Å². The van der Waals surface area contributed by atoms with Crippen LogP contribution in [0.1, 0.15) is 34.9 Å². The number of nitrogens with one attached hydrogen (secondary N) is 1. The van der Waals surface area contributed by atoms with Crippen molar-refractivity contribution in [2.24, 2.45) is 0 Å². The number of carbonyl (C=O) groups is 2. The first kappa shape index (κ1) is 22.9. The van der Waals surface area contributed by atoms with E-state index in [2.05, 4.69) is 43.2 Å². The van der Waals surface area contributed by atoms with E-state index in [1.807, 2.05) is 6.07 Å². The second kappa shape index (κ2) is 9.43. The first-order valence-corrected chi connectivity index (χ1v) is 12.3. The van der Waals surface area contributed by atoms with E-state index in [0.29, 0.717) is 29.6 Å². The predicted octanol–water partition coefficient (Wildman–Crippen LogP) is 3.26. The second-order valence-electron chi connectivity index (χ2n) is 8.74. The van der Waals surface area contributed by atoms with Gasteiger partial charge in [0.25, 0.3) is 0 Å².